The molecule has 0 spiro atoms. The second kappa shape index (κ2) is 8.19. The van der Waals surface area contributed by atoms with Crippen LogP contribution in [-0.2, 0) is 17.8 Å². The number of nitrogens with one attached hydrogen (secondary N) is 2. The van der Waals surface area contributed by atoms with Crippen LogP contribution in [0.25, 0.3) is 11.0 Å². The van der Waals surface area contributed by atoms with Gasteiger partial charge in [-0.3, -0.25) is 4.79 Å². The molecule has 1 saturated heterocycles. The molecule has 3 aromatic rings. The molecule has 6 heteroatoms. The summed E-state index contributed by atoms with van der Waals surface area (Å²) in [5.74, 6) is 1.03. The fourth-order valence-electron chi connectivity index (χ4n) is 5.00. The van der Waals surface area contributed by atoms with Gasteiger partial charge in [-0.15, -0.1) is 0 Å². The summed E-state index contributed by atoms with van der Waals surface area (Å²) < 4.78 is 13.3. The van der Waals surface area contributed by atoms with Crippen molar-refractivity contribution in [1.29, 1.82) is 0 Å². The fraction of sp³-hybridized carbons (Fsp3) is 0.417. The van der Waals surface area contributed by atoms with E-state index in [9.17, 15) is 9.18 Å². The molecule has 2 aliphatic rings. The molecule has 0 saturated carbocycles. The van der Waals surface area contributed by atoms with Crippen LogP contribution in [0.15, 0.2) is 42.5 Å². The Morgan fingerprint density at radius 1 is 1.23 bits per heavy atom. The molecule has 1 fully saturated rings. The number of aromatic nitrogens is 2. The monoisotopic (exact) mass is 406 g/mol. The Kier molecular flexibility index (Phi) is 5.25. The maximum atomic E-state index is 13.3. The number of aryl methyl sites for hydroxylation is 1. The second-order valence-corrected chi connectivity index (χ2v) is 8.60. The molecule has 2 heterocycles. The Bertz CT molecular complexity index is 1060. The number of H-pyrrole nitrogens is 1. The Morgan fingerprint density at radius 3 is 3.07 bits per heavy atom. The summed E-state index contributed by atoms with van der Waals surface area (Å²) in [6.07, 6.45) is 4.57. The smallest absolute Gasteiger partial charge is 0.224 e. The predicted molar refractivity (Wildman–Crippen MR) is 115 cm³/mol. The van der Waals surface area contributed by atoms with Crippen LogP contribution in [0, 0.1) is 11.7 Å². The average molecular weight is 407 g/mol. The van der Waals surface area contributed by atoms with Crippen molar-refractivity contribution in [1.82, 2.24) is 20.2 Å². The van der Waals surface area contributed by atoms with E-state index in [-0.39, 0.29) is 17.6 Å². The third-order valence-corrected chi connectivity index (χ3v) is 6.54. The Hall–Kier alpha value is -2.73. The molecule has 156 valence electrons. The predicted octanol–water partition coefficient (Wildman–Crippen LogP) is 3.76. The standard InChI is InChI=1S/C24H27FN4O/c25-19-8-9-21-22(12-19)28-23(27-21)13-26-24(30)18-10-11-29(15-18)14-17-6-3-5-16-4-1-2-7-20(16)17/h1-2,4,7-9,12,17-18H,3,5-6,10-11,13-15H2,(H,26,30)(H,27,28)/t17-,18-/m1/s1. The van der Waals surface area contributed by atoms with Gasteiger partial charge >= 0.3 is 0 Å². The summed E-state index contributed by atoms with van der Waals surface area (Å²) in [7, 11) is 0. The van der Waals surface area contributed by atoms with E-state index in [4.69, 9.17) is 0 Å². The number of halogens is 1. The zero-order valence-corrected chi connectivity index (χ0v) is 17.0. The van der Waals surface area contributed by atoms with Crippen molar-refractivity contribution in [3.63, 3.8) is 0 Å². The molecule has 0 radical (unpaired) electrons. The molecule has 30 heavy (non-hydrogen) atoms. The minimum absolute atomic E-state index is 0.0191. The summed E-state index contributed by atoms with van der Waals surface area (Å²) >= 11 is 0. The molecule has 0 bridgehead atoms. The number of hydrogen-bond donors (Lipinski definition) is 2. The van der Waals surface area contributed by atoms with Gasteiger partial charge in [0.2, 0.25) is 5.91 Å². The first kappa shape index (κ1) is 19.2. The molecule has 1 aromatic heterocycles. The number of carbonyl (C=O) groups is 1. The fourth-order valence-corrected chi connectivity index (χ4v) is 5.00. The minimum atomic E-state index is -0.298. The third-order valence-electron chi connectivity index (χ3n) is 6.54. The van der Waals surface area contributed by atoms with Gasteiger partial charge in [0.05, 0.1) is 23.5 Å². The van der Waals surface area contributed by atoms with Crippen LogP contribution < -0.4 is 5.32 Å². The number of imidazole rings is 1. The Morgan fingerprint density at radius 2 is 2.13 bits per heavy atom. The van der Waals surface area contributed by atoms with E-state index >= 15 is 0 Å². The van der Waals surface area contributed by atoms with Crippen molar-refractivity contribution in [3.8, 4) is 0 Å². The quantitative estimate of drug-likeness (QED) is 0.678. The number of likely N-dealkylation sites (tertiary alicyclic amines) is 1. The summed E-state index contributed by atoms with van der Waals surface area (Å²) in [6.45, 7) is 3.16. The molecule has 5 rings (SSSR count). The number of fused-ring (bicyclic) bond motifs is 2. The van der Waals surface area contributed by atoms with E-state index in [0.29, 0.717) is 29.3 Å². The van der Waals surface area contributed by atoms with E-state index in [2.05, 4.69) is 44.5 Å². The van der Waals surface area contributed by atoms with Gasteiger partial charge in [-0.25, -0.2) is 9.37 Å². The third kappa shape index (κ3) is 3.97. The van der Waals surface area contributed by atoms with Gasteiger partial charge in [0.25, 0.3) is 0 Å². The SMILES string of the molecule is O=C(NCc1nc2ccc(F)cc2[nH]1)[C@@H]1CCN(C[C@H]2CCCc3ccccc32)C1. The Labute approximate surface area is 175 Å². The number of nitrogens with zero attached hydrogens (tertiary/aromatic N) is 2. The van der Waals surface area contributed by atoms with E-state index in [1.54, 1.807) is 6.07 Å². The number of benzene rings is 2. The molecule has 0 unspecified atom stereocenters. The molecule has 2 aromatic carbocycles. The van der Waals surface area contributed by atoms with Crippen molar-refractivity contribution in [2.45, 2.75) is 38.1 Å². The van der Waals surface area contributed by atoms with Crippen molar-refractivity contribution >= 4 is 16.9 Å². The van der Waals surface area contributed by atoms with Crippen LogP contribution in [0.4, 0.5) is 4.39 Å². The van der Waals surface area contributed by atoms with Gasteiger partial charge < -0.3 is 15.2 Å². The summed E-state index contributed by atoms with van der Waals surface area (Å²) in [6, 6.07) is 13.3. The zero-order valence-electron chi connectivity index (χ0n) is 17.0. The topological polar surface area (TPSA) is 61.0 Å². The first-order chi connectivity index (χ1) is 14.7. The highest BCUT2D eigenvalue weighted by atomic mass is 19.1. The van der Waals surface area contributed by atoms with Crippen LogP contribution >= 0.6 is 0 Å². The molecular formula is C24H27FN4O. The first-order valence-corrected chi connectivity index (χ1v) is 10.9. The molecule has 1 aliphatic carbocycles. The highest BCUT2D eigenvalue weighted by Gasteiger charge is 2.31. The number of carbonyl (C=O) groups excluding carboxylic acids is 1. The normalized spacial score (nSPS) is 21.6. The van der Waals surface area contributed by atoms with Gasteiger partial charge in [0.15, 0.2) is 0 Å². The van der Waals surface area contributed by atoms with Gasteiger partial charge in [-0.05, 0) is 67.5 Å². The van der Waals surface area contributed by atoms with Crippen LogP contribution in [0.3, 0.4) is 0 Å². The largest absolute Gasteiger partial charge is 0.349 e. The van der Waals surface area contributed by atoms with Crippen LogP contribution in [-0.4, -0.2) is 40.4 Å². The van der Waals surface area contributed by atoms with Crippen molar-refractivity contribution in [3.05, 3.63) is 65.2 Å². The molecule has 1 amide bonds. The first-order valence-electron chi connectivity index (χ1n) is 10.9. The lowest BCUT2D eigenvalue weighted by Crippen LogP contribution is -2.34. The number of hydrogen-bond acceptors (Lipinski definition) is 3. The molecule has 5 nitrogen and oxygen atoms in total. The van der Waals surface area contributed by atoms with Crippen molar-refractivity contribution < 1.29 is 9.18 Å². The number of amides is 1. The van der Waals surface area contributed by atoms with E-state index in [1.165, 1.54) is 42.5 Å². The van der Waals surface area contributed by atoms with Crippen LogP contribution in [0.2, 0.25) is 0 Å². The van der Waals surface area contributed by atoms with E-state index < -0.39 is 0 Å². The number of aromatic amines is 1. The van der Waals surface area contributed by atoms with Gasteiger partial charge in [0, 0.05) is 13.1 Å². The van der Waals surface area contributed by atoms with Crippen LogP contribution in [0.5, 0.6) is 0 Å². The summed E-state index contributed by atoms with van der Waals surface area (Å²) in [5, 5.41) is 3.00. The highest BCUT2D eigenvalue weighted by molar-refractivity contribution is 5.79. The lowest BCUT2D eigenvalue weighted by Gasteiger charge is -2.29. The lowest BCUT2D eigenvalue weighted by molar-refractivity contribution is -0.124. The van der Waals surface area contributed by atoms with E-state index in [0.717, 1.165) is 26.1 Å². The second-order valence-electron chi connectivity index (χ2n) is 8.60. The zero-order chi connectivity index (χ0) is 20.5. The average Bonchev–Trinajstić information content (AvgIpc) is 3.39. The summed E-state index contributed by atoms with van der Waals surface area (Å²) in [5.41, 5.74) is 4.35. The highest BCUT2D eigenvalue weighted by Crippen LogP contribution is 2.33. The molecule has 2 atom stereocenters. The molecule has 2 N–H and O–H groups in total. The van der Waals surface area contributed by atoms with E-state index in [1.807, 2.05) is 0 Å². The number of rotatable bonds is 5. The molecule has 1 aliphatic heterocycles. The molecular weight excluding hydrogens is 379 g/mol. The lowest BCUT2D eigenvalue weighted by atomic mass is 9.82. The van der Waals surface area contributed by atoms with Gasteiger partial charge in [0.1, 0.15) is 11.6 Å². The van der Waals surface area contributed by atoms with Crippen LogP contribution in [0.1, 0.15) is 42.1 Å². The minimum Gasteiger partial charge on any atom is -0.349 e. The maximum absolute atomic E-state index is 13.3. The van der Waals surface area contributed by atoms with Crippen molar-refractivity contribution in [2.75, 3.05) is 19.6 Å². The van der Waals surface area contributed by atoms with Crippen molar-refractivity contribution in [2.24, 2.45) is 5.92 Å². The van der Waals surface area contributed by atoms with Gasteiger partial charge in [-0.2, -0.15) is 0 Å². The maximum Gasteiger partial charge on any atom is 0.224 e. The van der Waals surface area contributed by atoms with Gasteiger partial charge in [-0.1, -0.05) is 24.3 Å². The Balaban J connectivity index is 1.15. The summed E-state index contributed by atoms with van der Waals surface area (Å²) in [4.78, 5) is 22.6.